The summed E-state index contributed by atoms with van der Waals surface area (Å²) < 4.78 is 4.89. The lowest BCUT2D eigenvalue weighted by atomic mass is 9.92. The molecule has 0 saturated heterocycles. The van der Waals surface area contributed by atoms with E-state index in [-0.39, 0.29) is 5.97 Å². The first kappa shape index (κ1) is 14.9. The number of carbonyl (C=O) groups excluding carboxylic acids is 1. The van der Waals surface area contributed by atoms with Crippen LogP contribution in [-0.2, 0) is 16.0 Å². The Morgan fingerprint density at radius 2 is 1.85 bits per heavy atom. The molecule has 2 nitrogen and oxygen atoms in total. The zero-order valence-corrected chi connectivity index (χ0v) is 12.5. The number of methoxy groups -OCH3 is 1. The molecule has 2 aromatic carbocycles. The van der Waals surface area contributed by atoms with Crippen LogP contribution in [0.5, 0.6) is 0 Å². The van der Waals surface area contributed by atoms with Crippen molar-refractivity contribution in [3.8, 4) is 0 Å². The summed E-state index contributed by atoms with van der Waals surface area (Å²) in [6.07, 6.45) is 0.537. The standard InChI is InChI=1S/C16H14Cl2O2/c1-20-16(19)14(9-11-5-3-2-4-6-11)13-8-7-12(17)10-15(13)18/h2-8,10,14H,9H2,1H3/t14-/m0/s1. The maximum atomic E-state index is 12.0. The van der Waals surface area contributed by atoms with Crippen LogP contribution in [0.1, 0.15) is 17.0 Å². The highest BCUT2D eigenvalue weighted by molar-refractivity contribution is 6.35. The highest BCUT2D eigenvalue weighted by atomic mass is 35.5. The zero-order valence-electron chi connectivity index (χ0n) is 11.0. The summed E-state index contributed by atoms with van der Waals surface area (Å²) in [4.78, 5) is 12.0. The van der Waals surface area contributed by atoms with Crippen LogP contribution in [0.15, 0.2) is 48.5 Å². The summed E-state index contributed by atoms with van der Waals surface area (Å²) in [5.74, 6) is -0.745. The van der Waals surface area contributed by atoms with Gasteiger partial charge in [-0.25, -0.2) is 0 Å². The van der Waals surface area contributed by atoms with Gasteiger partial charge in [-0.2, -0.15) is 0 Å². The van der Waals surface area contributed by atoms with Gasteiger partial charge >= 0.3 is 5.97 Å². The Hall–Kier alpha value is -1.51. The van der Waals surface area contributed by atoms with E-state index in [2.05, 4.69) is 0 Å². The molecule has 0 unspecified atom stereocenters. The minimum Gasteiger partial charge on any atom is -0.469 e. The second-order valence-corrected chi connectivity index (χ2v) is 5.27. The Balaban J connectivity index is 2.35. The first-order valence-electron chi connectivity index (χ1n) is 6.18. The van der Waals surface area contributed by atoms with E-state index in [0.29, 0.717) is 16.5 Å². The minimum atomic E-state index is -0.438. The van der Waals surface area contributed by atoms with E-state index in [1.54, 1.807) is 18.2 Å². The second-order valence-electron chi connectivity index (χ2n) is 4.43. The largest absolute Gasteiger partial charge is 0.469 e. The molecule has 0 heterocycles. The summed E-state index contributed by atoms with van der Waals surface area (Å²) in [6, 6.07) is 14.9. The molecule has 2 aromatic rings. The van der Waals surface area contributed by atoms with Crippen LogP contribution in [0, 0.1) is 0 Å². The number of halogens is 2. The molecule has 0 aliphatic heterocycles. The van der Waals surface area contributed by atoms with Gasteiger partial charge in [0.05, 0.1) is 13.0 Å². The van der Waals surface area contributed by atoms with Crippen LogP contribution in [0.4, 0.5) is 0 Å². The lowest BCUT2D eigenvalue weighted by Crippen LogP contribution is -2.17. The smallest absolute Gasteiger partial charge is 0.313 e. The normalized spacial score (nSPS) is 11.9. The van der Waals surface area contributed by atoms with Gasteiger partial charge in [-0.1, -0.05) is 59.6 Å². The summed E-state index contributed by atoms with van der Waals surface area (Å²) in [5.41, 5.74) is 1.78. The van der Waals surface area contributed by atoms with E-state index in [1.165, 1.54) is 7.11 Å². The summed E-state index contributed by atoms with van der Waals surface area (Å²) >= 11 is 12.1. The molecule has 0 aliphatic carbocycles. The Kier molecular flexibility index (Phi) is 5.05. The van der Waals surface area contributed by atoms with Crippen LogP contribution in [0.3, 0.4) is 0 Å². The van der Waals surface area contributed by atoms with Gasteiger partial charge in [0.1, 0.15) is 0 Å². The number of carbonyl (C=O) groups is 1. The third kappa shape index (κ3) is 3.53. The molecule has 0 bridgehead atoms. The Bertz CT molecular complexity index is 597. The van der Waals surface area contributed by atoms with Crippen molar-refractivity contribution in [1.29, 1.82) is 0 Å². The summed E-state index contributed by atoms with van der Waals surface area (Å²) in [5, 5.41) is 1.02. The molecular formula is C16H14Cl2O2. The predicted octanol–water partition coefficient (Wildman–Crippen LogP) is 4.49. The van der Waals surface area contributed by atoms with Crippen LogP contribution in [-0.4, -0.2) is 13.1 Å². The molecule has 2 rings (SSSR count). The van der Waals surface area contributed by atoms with Gasteiger partial charge in [0.15, 0.2) is 0 Å². The quantitative estimate of drug-likeness (QED) is 0.778. The van der Waals surface area contributed by atoms with Crippen molar-refractivity contribution < 1.29 is 9.53 Å². The van der Waals surface area contributed by atoms with Crippen LogP contribution in [0.2, 0.25) is 10.0 Å². The van der Waals surface area contributed by atoms with Gasteiger partial charge in [-0.3, -0.25) is 4.79 Å². The monoisotopic (exact) mass is 308 g/mol. The topological polar surface area (TPSA) is 26.3 Å². The molecule has 0 amide bonds. The highest BCUT2D eigenvalue weighted by Crippen LogP contribution is 2.30. The third-order valence-electron chi connectivity index (χ3n) is 3.11. The number of esters is 1. The van der Waals surface area contributed by atoms with Gasteiger partial charge in [-0.15, -0.1) is 0 Å². The molecule has 0 aliphatic rings. The van der Waals surface area contributed by atoms with Crippen molar-refractivity contribution >= 4 is 29.2 Å². The zero-order chi connectivity index (χ0) is 14.5. The average Bonchev–Trinajstić information content (AvgIpc) is 2.46. The number of rotatable bonds is 4. The lowest BCUT2D eigenvalue weighted by molar-refractivity contribution is -0.142. The Morgan fingerprint density at radius 3 is 2.45 bits per heavy atom. The average molecular weight is 309 g/mol. The molecule has 0 aromatic heterocycles. The Morgan fingerprint density at radius 1 is 1.15 bits per heavy atom. The molecule has 104 valence electrons. The van der Waals surface area contributed by atoms with Crippen molar-refractivity contribution in [3.05, 3.63) is 69.7 Å². The molecule has 20 heavy (non-hydrogen) atoms. The fourth-order valence-electron chi connectivity index (χ4n) is 2.10. The highest BCUT2D eigenvalue weighted by Gasteiger charge is 2.24. The fraction of sp³-hybridized carbons (Fsp3) is 0.188. The fourth-order valence-corrected chi connectivity index (χ4v) is 2.64. The van der Waals surface area contributed by atoms with Crippen molar-refractivity contribution in [2.75, 3.05) is 7.11 Å². The third-order valence-corrected chi connectivity index (χ3v) is 3.67. The van der Waals surface area contributed by atoms with Crippen LogP contribution in [0.25, 0.3) is 0 Å². The summed E-state index contributed by atoms with van der Waals surface area (Å²) in [7, 11) is 1.38. The second kappa shape index (κ2) is 6.78. The Labute approximate surface area is 128 Å². The van der Waals surface area contributed by atoms with Crippen molar-refractivity contribution in [2.24, 2.45) is 0 Å². The first-order valence-corrected chi connectivity index (χ1v) is 6.94. The summed E-state index contributed by atoms with van der Waals surface area (Å²) in [6.45, 7) is 0. The van der Waals surface area contributed by atoms with Gasteiger partial charge in [0.2, 0.25) is 0 Å². The minimum absolute atomic E-state index is 0.307. The van der Waals surface area contributed by atoms with Crippen LogP contribution < -0.4 is 0 Å². The van der Waals surface area contributed by atoms with E-state index in [9.17, 15) is 4.79 Å². The van der Waals surface area contributed by atoms with E-state index in [4.69, 9.17) is 27.9 Å². The van der Waals surface area contributed by atoms with Gasteiger partial charge in [0, 0.05) is 10.0 Å². The van der Waals surface area contributed by atoms with Gasteiger partial charge < -0.3 is 4.74 Å². The maximum absolute atomic E-state index is 12.0. The molecular weight excluding hydrogens is 295 g/mol. The van der Waals surface area contributed by atoms with Gasteiger partial charge in [0.25, 0.3) is 0 Å². The van der Waals surface area contributed by atoms with E-state index < -0.39 is 5.92 Å². The first-order chi connectivity index (χ1) is 9.61. The van der Waals surface area contributed by atoms with Gasteiger partial charge in [-0.05, 0) is 29.7 Å². The molecule has 4 heteroatoms. The molecule has 0 saturated carbocycles. The van der Waals surface area contributed by atoms with Crippen molar-refractivity contribution in [3.63, 3.8) is 0 Å². The number of benzene rings is 2. The SMILES string of the molecule is COC(=O)[C@@H](Cc1ccccc1)c1ccc(Cl)cc1Cl. The molecule has 0 N–H and O–H groups in total. The van der Waals surface area contributed by atoms with Crippen molar-refractivity contribution in [2.45, 2.75) is 12.3 Å². The van der Waals surface area contributed by atoms with Crippen molar-refractivity contribution in [1.82, 2.24) is 0 Å². The number of hydrogen-bond acceptors (Lipinski definition) is 2. The predicted molar refractivity (Wildman–Crippen MR) is 81.4 cm³/mol. The molecule has 0 fully saturated rings. The van der Waals surface area contributed by atoms with E-state index in [1.807, 2.05) is 30.3 Å². The van der Waals surface area contributed by atoms with E-state index in [0.717, 1.165) is 11.1 Å². The maximum Gasteiger partial charge on any atom is 0.313 e. The molecule has 1 atom stereocenters. The van der Waals surface area contributed by atoms with E-state index >= 15 is 0 Å². The number of ether oxygens (including phenoxy) is 1. The molecule has 0 spiro atoms. The van der Waals surface area contributed by atoms with Crippen LogP contribution >= 0.6 is 23.2 Å². The number of hydrogen-bond donors (Lipinski definition) is 0. The molecule has 0 radical (unpaired) electrons. The lowest BCUT2D eigenvalue weighted by Gasteiger charge is -2.16.